The second-order valence-electron chi connectivity index (χ2n) is 5.36. The minimum absolute atomic E-state index is 0.104. The quantitative estimate of drug-likeness (QED) is 0.734. The zero-order valence-corrected chi connectivity index (χ0v) is 13.6. The lowest BCUT2D eigenvalue weighted by atomic mass is 10.1. The van der Waals surface area contributed by atoms with E-state index in [4.69, 9.17) is 0 Å². The number of esters is 1. The molecule has 4 nitrogen and oxygen atoms in total. The summed E-state index contributed by atoms with van der Waals surface area (Å²) >= 11 is 0. The number of carbonyl (C=O) groups is 2. The summed E-state index contributed by atoms with van der Waals surface area (Å²) in [5.74, 6) is -1.14. The van der Waals surface area contributed by atoms with Crippen LogP contribution in [0.4, 0.5) is 4.39 Å². The lowest BCUT2D eigenvalue weighted by Gasteiger charge is -2.22. The fourth-order valence-corrected chi connectivity index (χ4v) is 2.36. The summed E-state index contributed by atoms with van der Waals surface area (Å²) in [6.45, 7) is 0.672. The third-order valence-corrected chi connectivity index (χ3v) is 3.69. The Hall–Kier alpha value is -2.69. The van der Waals surface area contributed by atoms with Crippen LogP contribution in [0.15, 0.2) is 54.6 Å². The van der Waals surface area contributed by atoms with Crippen LogP contribution < -0.4 is 0 Å². The minimum Gasteiger partial charge on any atom is -0.469 e. The maximum atomic E-state index is 13.4. The van der Waals surface area contributed by atoms with Gasteiger partial charge in [-0.3, -0.25) is 9.59 Å². The molecule has 0 bridgehead atoms. The van der Waals surface area contributed by atoms with Gasteiger partial charge in [0, 0.05) is 18.7 Å². The van der Waals surface area contributed by atoms with Crippen LogP contribution in [0, 0.1) is 5.82 Å². The zero-order chi connectivity index (χ0) is 17.4. The monoisotopic (exact) mass is 329 g/mol. The van der Waals surface area contributed by atoms with Crippen molar-refractivity contribution in [2.75, 3.05) is 20.2 Å². The maximum absolute atomic E-state index is 13.4. The Balaban J connectivity index is 2.09. The van der Waals surface area contributed by atoms with Gasteiger partial charge in [-0.2, -0.15) is 0 Å². The normalized spacial score (nSPS) is 10.2. The molecule has 126 valence electrons. The third kappa shape index (κ3) is 5.19. The molecule has 2 aromatic rings. The Kier molecular flexibility index (Phi) is 6.49. The first kappa shape index (κ1) is 17.7. The van der Waals surface area contributed by atoms with E-state index in [1.165, 1.54) is 25.3 Å². The van der Waals surface area contributed by atoms with Crippen molar-refractivity contribution in [3.8, 4) is 0 Å². The molecule has 1 amide bonds. The number of nitrogens with zero attached hydrogens (tertiary/aromatic N) is 1. The Labute approximate surface area is 140 Å². The summed E-state index contributed by atoms with van der Waals surface area (Å²) < 4.78 is 18.0. The van der Waals surface area contributed by atoms with Gasteiger partial charge in [0.25, 0.3) is 5.91 Å². The average Bonchev–Trinajstić information content (AvgIpc) is 2.61. The van der Waals surface area contributed by atoms with E-state index < -0.39 is 5.82 Å². The van der Waals surface area contributed by atoms with Crippen LogP contribution in [-0.4, -0.2) is 37.0 Å². The van der Waals surface area contributed by atoms with Gasteiger partial charge in [-0.1, -0.05) is 36.4 Å². The van der Waals surface area contributed by atoms with Gasteiger partial charge in [-0.05, 0) is 30.2 Å². The van der Waals surface area contributed by atoms with E-state index in [-0.39, 0.29) is 30.4 Å². The highest BCUT2D eigenvalue weighted by molar-refractivity contribution is 5.94. The number of hydrogen-bond donors (Lipinski definition) is 0. The number of ether oxygens (including phenoxy) is 1. The van der Waals surface area contributed by atoms with E-state index in [2.05, 4.69) is 4.74 Å². The molecular weight excluding hydrogens is 309 g/mol. The van der Waals surface area contributed by atoms with Gasteiger partial charge in [0.1, 0.15) is 5.82 Å². The van der Waals surface area contributed by atoms with E-state index in [1.807, 2.05) is 30.3 Å². The van der Waals surface area contributed by atoms with E-state index in [9.17, 15) is 14.0 Å². The number of carbonyl (C=O) groups excluding carboxylic acids is 2. The van der Waals surface area contributed by atoms with Crippen molar-refractivity contribution < 1.29 is 18.7 Å². The molecule has 0 fully saturated rings. The standard InChI is InChI=1S/C19H20FNO3/c1-24-18(22)11-13-21(12-10-15-6-3-2-4-7-15)19(23)16-8-5-9-17(20)14-16/h2-9,14H,10-13H2,1H3. The summed E-state index contributed by atoms with van der Waals surface area (Å²) in [5.41, 5.74) is 1.36. The molecule has 0 aliphatic carbocycles. The molecule has 0 heterocycles. The number of amides is 1. The number of benzene rings is 2. The highest BCUT2D eigenvalue weighted by Crippen LogP contribution is 2.10. The molecule has 2 rings (SSSR count). The van der Waals surface area contributed by atoms with Crippen molar-refractivity contribution in [3.05, 3.63) is 71.5 Å². The predicted octanol–water partition coefficient (Wildman–Crippen LogP) is 3.07. The fourth-order valence-electron chi connectivity index (χ4n) is 2.36. The second-order valence-corrected chi connectivity index (χ2v) is 5.36. The molecule has 0 aliphatic rings. The molecule has 0 aliphatic heterocycles. The largest absolute Gasteiger partial charge is 0.469 e. The molecule has 0 spiro atoms. The maximum Gasteiger partial charge on any atom is 0.307 e. The minimum atomic E-state index is -0.461. The third-order valence-electron chi connectivity index (χ3n) is 3.69. The van der Waals surface area contributed by atoms with Gasteiger partial charge < -0.3 is 9.64 Å². The molecule has 0 radical (unpaired) electrons. The number of rotatable bonds is 7. The summed E-state index contributed by atoms with van der Waals surface area (Å²) in [6.07, 6.45) is 0.759. The summed E-state index contributed by atoms with van der Waals surface area (Å²) in [6, 6.07) is 15.3. The van der Waals surface area contributed by atoms with Gasteiger partial charge in [0.2, 0.25) is 0 Å². The number of hydrogen-bond acceptors (Lipinski definition) is 3. The molecule has 0 saturated carbocycles. The highest BCUT2D eigenvalue weighted by Gasteiger charge is 2.17. The molecule has 0 unspecified atom stereocenters. The van der Waals surface area contributed by atoms with Crippen LogP contribution in [-0.2, 0) is 16.0 Å². The first-order chi connectivity index (χ1) is 11.6. The summed E-state index contributed by atoms with van der Waals surface area (Å²) in [4.78, 5) is 25.6. The topological polar surface area (TPSA) is 46.6 Å². The zero-order valence-electron chi connectivity index (χ0n) is 13.6. The number of methoxy groups -OCH3 is 1. The van der Waals surface area contributed by atoms with Crippen LogP contribution >= 0.6 is 0 Å². The first-order valence-corrected chi connectivity index (χ1v) is 7.75. The van der Waals surface area contributed by atoms with Crippen LogP contribution in [0.1, 0.15) is 22.3 Å². The lowest BCUT2D eigenvalue weighted by Crippen LogP contribution is -2.35. The Morgan fingerprint density at radius 2 is 1.79 bits per heavy atom. The molecule has 0 aromatic heterocycles. The Morgan fingerprint density at radius 3 is 2.46 bits per heavy atom. The van der Waals surface area contributed by atoms with Gasteiger partial charge in [0.15, 0.2) is 0 Å². The van der Waals surface area contributed by atoms with E-state index >= 15 is 0 Å². The summed E-state index contributed by atoms with van der Waals surface area (Å²) in [5, 5.41) is 0. The fraction of sp³-hybridized carbons (Fsp3) is 0.263. The highest BCUT2D eigenvalue weighted by atomic mass is 19.1. The first-order valence-electron chi connectivity index (χ1n) is 7.75. The van der Waals surface area contributed by atoms with E-state index in [1.54, 1.807) is 11.0 Å². The SMILES string of the molecule is COC(=O)CCN(CCc1ccccc1)C(=O)c1cccc(F)c1. The summed E-state index contributed by atoms with van der Waals surface area (Å²) in [7, 11) is 1.31. The van der Waals surface area contributed by atoms with Gasteiger partial charge in [-0.15, -0.1) is 0 Å². The van der Waals surface area contributed by atoms with Gasteiger partial charge in [0.05, 0.1) is 13.5 Å². The van der Waals surface area contributed by atoms with Gasteiger partial charge >= 0.3 is 5.97 Å². The molecule has 0 saturated heterocycles. The van der Waals surface area contributed by atoms with E-state index in [0.717, 1.165) is 5.56 Å². The van der Waals surface area contributed by atoms with Crippen molar-refractivity contribution in [1.82, 2.24) is 4.90 Å². The average molecular weight is 329 g/mol. The molecule has 2 aromatic carbocycles. The van der Waals surface area contributed by atoms with Crippen molar-refractivity contribution in [2.45, 2.75) is 12.8 Å². The van der Waals surface area contributed by atoms with Crippen molar-refractivity contribution >= 4 is 11.9 Å². The Morgan fingerprint density at radius 1 is 1.04 bits per heavy atom. The van der Waals surface area contributed by atoms with Crippen molar-refractivity contribution in [2.24, 2.45) is 0 Å². The molecule has 0 N–H and O–H groups in total. The lowest BCUT2D eigenvalue weighted by molar-refractivity contribution is -0.140. The second kappa shape index (κ2) is 8.82. The molecular formula is C19H20FNO3. The number of halogens is 1. The predicted molar refractivity (Wildman–Crippen MR) is 89.1 cm³/mol. The molecule has 5 heteroatoms. The van der Waals surface area contributed by atoms with Crippen LogP contribution in [0.5, 0.6) is 0 Å². The van der Waals surface area contributed by atoms with Crippen LogP contribution in [0.25, 0.3) is 0 Å². The van der Waals surface area contributed by atoms with Crippen LogP contribution in [0.2, 0.25) is 0 Å². The van der Waals surface area contributed by atoms with Gasteiger partial charge in [-0.25, -0.2) is 4.39 Å². The smallest absolute Gasteiger partial charge is 0.307 e. The van der Waals surface area contributed by atoms with E-state index in [0.29, 0.717) is 13.0 Å². The van der Waals surface area contributed by atoms with Crippen LogP contribution in [0.3, 0.4) is 0 Å². The Bertz CT molecular complexity index is 688. The molecule has 0 atom stereocenters. The van der Waals surface area contributed by atoms with Crippen molar-refractivity contribution in [1.29, 1.82) is 0 Å². The van der Waals surface area contributed by atoms with Crippen molar-refractivity contribution in [3.63, 3.8) is 0 Å². The molecule has 24 heavy (non-hydrogen) atoms.